The molecule has 0 bridgehead atoms. The van der Waals surface area contributed by atoms with Crippen LogP contribution in [0.25, 0.3) is 10.9 Å². The third kappa shape index (κ3) is 5.51. The number of fused-ring (bicyclic) bond motifs is 1. The second-order valence-corrected chi connectivity index (χ2v) is 9.54. The van der Waals surface area contributed by atoms with Gasteiger partial charge in [0.2, 0.25) is 0 Å². The number of carbonyl (C=O) groups excluding carboxylic acids is 1. The van der Waals surface area contributed by atoms with Crippen molar-refractivity contribution in [3.63, 3.8) is 0 Å². The van der Waals surface area contributed by atoms with Crippen LogP contribution in [0.4, 0.5) is 15.9 Å². The minimum Gasteiger partial charge on any atom is -0.392 e. The van der Waals surface area contributed by atoms with Crippen molar-refractivity contribution in [3.8, 4) is 11.8 Å². The number of carbonyl (C=O) groups is 1. The number of nitrogens with zero attached hydrogens (tertiary/aromatic N) is 3. The van der Waals surface area contributed by atoms with Crippen molar-refractivity contribution >= 4 is 39.8 Å². The molecule has 1 saturated heterocycles. The van der Waals surface area contributed by atoms with Gasteiger partial charge in [-0.1, -0.05) is 36.1 Å². The Kier molecular flexibility index (Phi) is 7.18. The SMILES string of the molecule is C=C(CO)C(=O)Cc1cc2c(Nc3cccc(Cl)c3F)ncnc2cc1C#C[C@@]1(C)CCN(C)C1. The number of aliphatic hydroxyl groups excluding tert-OH is 1. The van der Waals surface area contributed by atoms with Gasteiger partial charge in [0, 0.05) is 34.9 Å². The summed E-state index contributed by atoms with van der Waals surface area (Å²) in [6.45, 7) is 7.21. The molecular weight excluding hydrogens is 467 g/mol. The predicted molar refractivity (Wildman–Crippen MR) is 136 cm³/mol. The highest BCUT2D eigenvalue weighted by molar-refractivity contribution is 6.31. The van der Waals surface area contributed by atoms with Crippen molar-refractivity contribution in [2.45, 2.75) is 19.8 Å². The zero-order valence-electron chi connectivity index (χ0n) is 19.7. The lowest BCUT2D eigenvalue weighted by atomic mass is 9.89. The van der Waals surface area contributed by atoms with Gasteiger partial charge in [-0.2, -0.15) is 0 Å². The summed E-state index contributed by atoms with van der Waals surface area (Å²) in [4.78, 5) is 23.5. The normalized spacial score (nSPS) is 17.7. The molecule has 4 rings (SSSR count). The second-order valence-electron chi connectivity index (χ2n) is 9.14. The van der Waals surface area contributed by atoms with Crippen LogP contribution in [0.5, 0.6) is 0 Å². The summed E-state index contributed by atoms with van der Waals surface area (Å²) in [7, 11) is 2.07. The Balaban J connectivity index is 1.80. The van der Waals surface area contributed by atoms with Gasteiger partial charge >= 0.3 is 0 Å². The van der Waals surface area contributed by atoms with Gasteiger partial charge < -0.3 is 15.3 Å². The number of likely N-dealkylation sites (tertiary alicyclic amines) is 1. The minimum absolute atomic E-state index is 0.00854. The fraction of sp³-hybridized carbons (Fsp3) is 0.296. The summed E-state index contributed by atoms with van der Waals surface area (Å²) < 4.78 is 14.5. The van der Waals surface area contributed by atoms with E-state index >= 15 is 0 Å². The molecule has 8 heteroatoms. The average molecular weight is 493 g/mol. The van der Waals surface area contributed by atoms with Crippen LogP contribution >= 0.6 is 11.6 Å². The lowest BCUT2D eigenvalue weighted by Crippen LogP contribution is -2.20. The standard InChI is InChI=1S/C27H26ClFN4O2/c1-17(14-34)24(35)13-19-11-20-23(12-18(19)7-8-27(2)9-10-33(3)15-27)30-16-31-26(20)32-22-6-4-5-21(28)25(22)29/h4-6,11-12,16,34H,1,9-10,13-15H2,2-3H3,(H,30,31,32)/t27-/m0/s1. The van der Waals surface area contributed by atoms with Crippen LogP contribution < -0.4 is 5.32 Å². The molecule has 0 spiro atoms. The van der Waals surface area contributed by atoms with Crippen molar-refractivity contribution < 1.29 is 14.3 Å². The Labute approximate surface area is 208 Å². The summed E-state index contributed by atoms with van der Waals surface area (Å²) in [5, 5.41) is 12.9. The van der Waals surface area contributed by atoms with Crippen molar-refractivity contribution in [3.05, 3.63) is 70.8 Å². The van der Waals surface area contributed by atoms with Crippen LogP contribution in [0, 0.1) is 23.1 Å². The van der Waals surface area contributed by atoms with Crippen molar-refractivity contribution in [2.75, 3.05) is 32.1 Å². The van der Waals surface area contributed by atoms with E-state index in [2.05, 4.69) is 52.6 Å². The van der Waals surface area contributed by atoms with E-state index in [0.717, 1.165) is 19.5 Å². The maximum Gasteiger partial charge on any atom is 0.165 e. The van der Waals surface area contributed by atoms with Crippen LogP contribution in [0.1, 0.15) is 24.5 Å². The van der Waals surface area contributed by atoms with E-state index in [1.54, 1.807) is 18.2 Å². The average Bonchev–Trinajstić information content (AvgIpc) is 3.19. The van der Waals surface area contributed by atoms with Gasteiger partial charge in [-0.3, -0.25) is 4.79 Å². The number of benzene rings is 2. The molecule has 6 nitrogen and oxygen atoms in total. The Morgan fingerprint density at radius 2 is 2.17 bits per heavy atom. The van der Waals surface area contributed by atoms with Crippen molar-refractivity contribution in [2.24, 2.45) is 5.41 Å². The van der Waals surface area contributed by atoms with Crippen molar-refractivity contribution in [1.29, 1.82) is 0 Å². The van der Waals surface area contributed by atoms with E-state index in [9.17, 15) is 14.3 Å². The minimum atomic E-state index is -0.590. The molecule has 0 amide bonds. The summed E-state index contributed by atoms with van der Waals surface area (Å²) >= 11 is 5.92. The predicted octanol–water partition coefficient (Wildman–Crippen LogP) is 4.52. The van der Waals surface area contributed by atoms with E-state index in [1.807, 2.05) is 6.07 Å². The molecule has 3 aromatic rings. The highest BCUT2D eigenvalue weighted by Gasteiger charge is 2.30. The molecule has 180 valence electrons. The van der Waals surface area contributed by atoms with Gasteiger partial charge in [-0.25, -0.2) is 14.4 Å². The number of hydrogen-bond donors (Lipinski definition) is 2. The number of hydrogen-bond acceptors (Lipinski definition) is 6. The van der Waals surface area contributed by atoms with Crippen LogP contribution in [0.15, 0.2) is 48.8 Å². The van der Waals surface area contributed by atoms with Gasteiger partial charge in [0.05, 0.1) is 22.8 Å². The van der Waals surface area contributed by atoms with Crippen molar-refractivity contribution in [1.82, 2.24) is 14.9 Å². The molecule has 2 heterocycles. The molecule has 35 heavy (non-hydrogen) atoms. The number of ketones is 1. The summed E-state index contributed by atoms with van der Waals surface area (Å²) in [6.07, 6.45) is 2.35. The first-order valence-electron chi connectivity index (χ1n) is 11.2. The van der Waals surface area contributed by atoms with Gasteiger partial charge in [-0.15, -0.1) is 0 Å². The third-order valence-electron chi connectivity index (χ3n) is 6.16. The highest BCUT2D eigenvalue weighted by Crippen LogP contribution is 2.31. The summed E-state index contributed by atoms with van der Waals surface area (Å²) in [6, 6.07) is 8.26. The number of Topliss-reactive ketones (excluding diaryl/α,β-unsaturated/α-hetero) is 1. The first kappa shape index (κ1) is 24.8. The molecule has 2 N–H and O–H groups in total. The quantitative estimate of drug-likeness (QED) is 0.389. The summed E-state index contributed by atoms with van der Waals surface area (Å²) in [5.41, 5.74) is 2.07. The molecule has 1 aromatic heterocycles. The first-order chi connectivity index (χ1) is 16.7. The Bertz CT molecular complexity index is 1380. The monoisotopic (exact) mass is 492 g/mol. The molecule has 0 saturated carbocycles. The molecule has 2 aromatic carbocycles. The van der Waals surface area contributed by atoms with Gasteiger partial charge in [-0.05, 0) is 56.8 Å². The smallest absolute Gasteiger partial charge is 0.165 e. The largest absolute Gasteiger partial charge is 0.392 e. The topological polar surface area (TPSA) is 78.3 Å². The van der Waals surface area contributed by atoms with Crippen LogP contribution in [-0.4, -0.2) is 52.5 Å². The third-order valence-corrected chi connectivity index (χ3v) is 6.46. The zero-order chi connectivity index (χ0) is 25.2. The molecule has 1 aliphatic rings. The lowest BCUT2D eigenvalue weighted by molar-refractivity contribution is -0.115. The number of aliphatic hydroxyl groups is 1. The fourth-order valence-electron chi connectivity index (χ4n) is 4.14. The highest BCUT2D eigenvalue weighted by atomic mass is 35.5. The maximum atomic E-state index is 14.5. The molecule has 0 unspecified atom stereocenters. The Morgan fingerprint density at radius 3 is 2.89 bits per heavy atom. The van der Waals surface area contributed by atoms with E-state index in [-0.39, 0.29) is 33.9 Å². The number of anilines is 2. The van der Waals surface area contributed by atoms with E-state index < -0.39 is 12.4 Å². The second kappa shape index (κ2) is 10.1. The molecular formula is C27H26ClFN4O2. The number of aromatic nitrogens is 2. The van der Waals surface area contributed by atoms with Crippen LogP contribution in [0.2, 0.25) is 5.02 Å². The maximum absolute atomic E-state index is 14.5. The van der Waals surface area contributed by atoms with E-state index in [4.69, 9.17) is 11.6 Å². The Morgan fingerprint density at radius 1 is 1.37 bits per heavy atom. The molecule has 0 aliphatic carbocycles. The lowest BCUT2D eigenvalue weighted by Gasteiger charge is -2.16. The number of nitrogens with one attached hydrogen (secondary N) is 1. The molecule has 1 fully saturated rings. The Hall–Kier alpha value is -3.31. The van der Waals surface area contributed by atoms with Gasteiger partial charge in [0.25, 0.3) is 0 Å². The zero-order valence-corrected chi connectivity index (χ0v) is 20.4. The number of halogens is 2. The van der Waals surface area contributed by atoms with Crippen LogP contribution in [-0.2, 0) is 11.2 Å². The molecule has 1 atom stereocenters. The molecule has 1 aliphatic heterocycles. The molecule has 0 radical (unpaired) electrons. The fourth-order valence-corrected chi connectivity index (χ4v) is 4.31. The van der Waals surface area contributed by atoms with E-state index in [0.29, 0.717) is 27.8 Å². The van der Waals surface area contributed by atoms with E-state index in [1.165, 1.54) is 12.4 Å². The first-order valence-corrected chi connectivity index (χ1v) is 11.6. The summed E-state index contributed by atoms with van der Waals surface area (Å²) in [5.74, 6) is 6.17. The van der Waals surface area contributed by atoms with Crippen LogP contribution in [0.3, 0.4) is 0 Å². The van der Waals surface area contributed by atoms with Gasteiger partial charge in [0.1, 0.15) is 12.1 Å². The van der Waals surface area contributed by atoms with Gasteiger partial charge in [0.15, 0.2) is 11.6 Å². The number of rotatable bonds is 6.